The van der Waals surface area contributed by atoms with Gasteiger partial charge < -0.3 is 19.1 Å². The van der Waals surface area contributed by atoms with Crippen molar-refractivity contribution in [2.75, 3.05) is 39.5 Å². The molecule has 0 aromatic carbocycles. The van der Waals surface area contributed by atoms with Gasteiger partial charge in [0.2, 0.25) is 0 Å². The summed E-state index contributed by atoms with van der Waals surface area (Å²) in [7, 11) is 0. The standard InChI is InChI=1S/C24H30F3N3O4S/c25-24(26,27)16-34-23-29-21-6-10-30(11-7-22(21)35-23)9-5-19-4-3-17(14-32-19)12-18(31)15-33-20-2-1-8-28-13-20/h1-2,8,13,17,19H,3-7,9-12,14-16H2/t17-,19-/m1/s1. The maximum Gasteiger partial charge on any atom is 0.422 e. The molecule has 7 nitrogen and oxygen atoms in total. The first-order valence-corrected chi connectivity index (χ1v) is 12.7. The fourth-order valence-corrected chi connectivity index (χ4v) is 5.31. The summed E-state index contributed by atoms with van der Waals surface area (Å²) < 4.78 is 53.4. The number of rotatable bonds is 10. The molecule has 0 saturated carbocycles. The third-order valence-electron chi connectivity index (χ3n) is 6.22. The lowest BCUT2D eigenvalue weighted by Gasteiger charge is -2.30. The van der Waals surface area contributed by atoms with Gasteiger partial charge in [-0.05, 0) is 43.7 Å². The largest absolute Gasteiger partial charge is 0.484 e. The van der Waals surface area contributed by atoms with Crippen molar-refractivity contribution in [2.45, 2.75) is 50.8 Å². The Morgan fingerprint density at radius 2 is 2.09 bits per heavy atom. The number of hydrogen-bond donors (Lipinski definition) is 0. The van der Waals surface area contributed by atoms with Crippen LogP contribution in [0.3, 0.4) is 0 Å². The average Bonchev–Trinajstić information content (AvgIpc) is 3.14. The Bertz CT molecular complexity index is 924. The fourth-order valence-electron chi connectivity index (χ4n) is 4.37. The Morgan fingerprint density at radius 3 is 2.83 bits per heavy atom. The number of hydrogen-bond acceptors (Lipinski definition) is 8. The molecule has 192 valence electrons. The van der Waals surface area contributed by atoms with Crippen molar-refractivity contribution in [1.82, 2.24) is 14.9 Å². The molecule has 2 aliphatic heterocycles. The summed E-state index contributed by atoms with van der Waals surface area (Å²) in [6, 6.07) is 3.55. The highest BCUT2D eigenvalue weighted by molar-refractivity contribution is 7.13. The van der Waals surface area contributed by atoms with Gasteiger partial charge in [-0.1, -0.05) is 11.3 Å². The molecule has 2 aliphatic rings. The molecule has 2 aromatic heterocycles. The van der Waals surface area contributed by atoms with E-state index < -0.39 is 12.8 Å². The van der Waals surface area contributed by atoms with E-state index in [2.05, 4.69) is 14.9 Å². The summed E-state index contributed by atoms with van der Waals surface area (Å²) in [4.78, 5) is 23.8. The zero-order valence-electron chi connectivity index (χ0n) is 19.5. The molecule has 0 amide bonds. The highest BCUT2D eigenvalue weighted by Crippen LogP contribution is 2.30. The SMILES string of the molecule is O=C(COc1cccnc1)C[C@H]1CC[C@H](CCN2CCc3nc(OCC(F)(F)F)sc3CC2)OC1. The van der Waals surface area contributed by atoms with Gasteiger partial charge in [0.1, 0.15) is 12.4 Å². The van der Waals surface area contributed by atoms with Gasteiger partial charge in [-0.25, -0.2) is 4.98 Å². The van der Waals surface area contributed by atoms with Crippen molar-refractivity contribution in [2.24, 2.45) is 5.92 Å². The Hall–Kier alpha value is -2.24. The molecule has 4 rings (SSSR count). The molecule has 1 fully saturated rings. The van der Waals surface area contributed by atoms with Gasteiger partial charge in [-0.15, -0.1) is 0 Å². The summed E-state index contributed by atoms with van der Waals surface area (Å²) in [5.41, 5.74) is 0.851. The second kappa shape index (κ2) is 12.1. The van der Waals surface area contributed by atoms with Crippen LogP contribution in [0.2, 0.25) is 0 Å². The molecule has 0 unspecified atom stereocenters. The van der Waals surface area contributed by atoms with Crippen LogP contribution in [-0.4, -0.2) is 72.4 Å². The van der Waals surface area contributed by atoms with Gasteiger partial charge in [-0.2, -0.15) is 13.2 Å². The molecule has 0 spiro atoms. The second-order valence-corrected chi connectivity index (χ2v) is 10.0. The second-order valence-electron chi connectivity index (χ2n) is 9.00. The van der Waals surface area contributed by atoms with E-state index in [1.165, 1.54) is 11.3 Å². The number of carbonyl (C=O) groups is 1. The normalized spacial score (nSPS) is 21.2. The summed E-state index contributed by atoms with van der Waals surface area (Å²) in [6.45, 7) is 1.90. The van der Waals surface area contributed by atoms with Gasteiger partial charge in [0.05, 0.1) is 24.6 Å². The number of nitrogens with zero attached hydrogens (tertiary/aromatic N) is 3. The lowest BCUT2D eigenvalue weighted by atomic mass is 9.93. The van der Waals surface area contributed by atoms with Gasteiger partial charge in [0, 0.05) is 43.5 Å². The van der Waals surface area contributed by atoms with Crippen LogP contribution in [0.15, 0.2) is 24.5 Å². The quantitative estimate of drug-likeness (QED) is 0.474. The topological polar surface area (TPSA) is 73.8 Å². The molecule has 0 radical (unpaired) electrons. The fraction of sp³-hybridized carbons (Fsp3) is 0.625. The molecular formula is C24H30F3N3O4S. The van der Waals surface area contributed by atoms with Crippen LogP contribution in [0.25, 0.3) is 0 Å². The first-order chi connectivity index (χ1) is 16.8. The number of halogens is 3. The smallest absolute Gasteiger partial charge is 0.422 e. The van der Waals surface area contributed by atoms with Crippen molar-refractivity contribution in [3.63, 3.8) is 0 Å². The first kappa shape index (κ1) is 25.8. The minimum atomic E-state index is -4.36. The summed E-state index contributed by atoms with van der Waals surface area (Å²) in [6.07, 6.45) is 3.83. The predicted molar refractivity (Wildman–Crippen MR) is 124 cm³/mol. The minimum Gasteiger partial charge on any atom is -0.484 e. The van der Waals surface area contributed by atoms with Gasteiger partial charge in [0.15, 0.2) is 12.4 Å². The summed E-state index contributed by atoms with van der Waals surface area (Å²) in [5, 5.41) is 0.105. The van der Waals surface area contributed by atoms with Crippen LogP contribution < -0.4 is 9.47 Å². The van der Waals surface area contributed by atoms with Crippen molar-refractivity contribution >= 4 is 17.1 Å². The highest BCUT2D eigenvalue weighted by atomic mass is 32.1. The molecule has 0 N–H and O–H groups in total. The lowest BCUT2D eigenvalue weighted by molar-refractivity contribution is -0.153. The number of Topliss-reactive ketones (excluding diaryl/α,β-unsaturated/α-hetero) is 1. The maximum absolute atomic E-state index is 12.4. The zero-order valence-corrected chi connectivity index (χ0v) is 20.3. The highest BCUT2D eigenvalue weighted by Gasteiger charge is 2.30. The van der Waals surface area contributed by atoms with Crippen LogP contribution in [0, 0.1) is 5.92 Å². The van der Waals surface area contributed by atoms with E-state index in [1.54, 1.807) is 24.5 Å². The van der Waals surface area contributed by atoms with Crippen LogP contribution in [0.4, 0.5) is 13.2 Å². The number of pyridine rings is 1. The predicted octanol–water partition coefficient (Wildman–Crippen LogP) is 4.10. The van der Waals surface area contributed by atoms with Gasteiger partial charge in [0.25, 0.3) is 5.19 Å². The van der Waals surface area contributed by atoms with E-state index in [-0.39, 0.29) is 29.6 Å². The van der Waals surface area contributed by atoms with Crippen molar-refractivity contribution in [1.29, 1.82) is 0 Å². The van der Waals surface area contributed by atoms with Crippen LogP contribution in [-0.2, 0) is 22.4 Å². The number of thiazole rings is 1. The number of ether oxygens (including phenoxy) is 3. The van der Waals surface area contributed by atoms with E-state index >= 15 is 0 Å². The van der Waals surface area contributed by atoms with Gasteiger partial charge in [-0.3, -0.25) is 9.78 Å². The number of ketones is 1. The van der Waals surface area contributed by atoms with E-state index in [0.29, 0.717) is 25.2 Å². The molecule has 0 bridgehead atoms. The Morgan fingerprint density at radius 1 is 1.23 bits per heavy atom. The third-order valence-corrected chi connectivity index (χ3v) is 7.29. The molecule has 2 aromatic rings. The van der Waals surface area contributed by atoms with Gasteiger partial charge >= 0.3 is 6.18 Å². The maximum atomic E-state index is 12.4. The number of aromatic nitrogens is 2. The average molecular weight is 514 g/mol. The van der Waals surface area contributed by atoms with E-state index in [9.17, 15) is 18.0 Å². The Labute approximate surface area is 206 Å². The molecule has 11 heteroatoms. The van der Waals surface area contributed by atoms with E-state index in [1.807, 2.05) is 0 Å². The van der Waals surface area contributed by atoms with Crippen molar-refractivity contribution < 1.29 is 32.2 Å². The van der Waals surface area contributed by atoms with Crippen molar-refractivity contribution in [3.05, 3.63) is 35.1 Å². The van der Waals surface area contributed by atoms with E-state index in [4.69, 9.17) is 14.2 Å². The third kappa shape index (κ3) is 8.43. The molecular weight excluding hydrogens is 483 g/mol. The summed E-state index contributed by atoms with van der Waals surface area (Å²) >= 11 is 1.22. The molecule has 0 aliphatic carbocycles. The minimum absolute atomic E-state index is 0.0525. The van der Waals surface area contributed by atoms with Crippen LogP contribution in [0.5, 0.6) is 10.9 Å². The first-order valence-electron chi connectivity index (χ1n) is 11.9. The van der Waals surface area contributed by atoms with E-state index in [0.717, 1.165) is 55.9 Å². The number of carbonyl (C=O) groups excluding carboxylic acids is 1. The lowest BCUT2D eigenvalue weighted by Crippen LogP contribution is -2.33. The molecule has 2 atom stereocenters. The Balaban J connectivity index is 1.11. The molecule has 4 heterocycles. The molecule has 35 heavy (non-hydrogen) atoms. The summed E-state index contributed by atoms with van der Waals surface area (Å²) in [5.74, 6) is 0.888. The molecule has 1 saturated heterocycles. The number of alkyl halides is 3. The Kier molecular flexibility index (Phi) is 8.96. The van der Waals surface area contributed by atoms with Crippen LogP contribution in [0.1, 0.15) is 36.3 Å². The monoisotopic (exact) mass is 513 g/mol. The zero-order chi connectivity index (χ0) is 24.7. The van der Waals surface area contributed by atoms with Crippen molar-refractivity contribution in [3.8, 4) is 10.9 Å². The van der Waals surface area contributed by atoms with Crippen LogP contribution >= 0.6 is 11.3 Å². The number of fused-ring (bicyclic) bond motifs is 1.